The maximum atomic E-state index is 13.2. The van der Waals surface area contributed by atoms with E-state index in [4.69, 9.17) is 15.2 Å². The Balaban J connectivity index is 1.37. The fourth-order valence-corrected chi connectivity index (χ4v) is 4.70. The number of piperidine rings is 1. The minimum absolute atomic E-state index is 0.157. The maximum Gasteiger partial charge on any atom is 0.410 e. The second kappa shape index (κ2) is 9.85. The zero-order chi connectivity index (χ0) is 27.0. The van der Waals surface area contributed by atoms with E-state index in [1.54, 1.807) is 39.9 Å². The summed E-state index contributed by atoms with van der Waals surface area (Å²) in [6.45, 7) is 6.71. The molecule has 1 aliphatic heterocycles. The van der Waals surface area contributed by atoms with Crippen LogP contribution in [0.2, 0.25) is 0 Å². The number of imidazole rings is 1. The fourth-order valence-electron chi connectivity index (χ4n) is 4.70. The lowest BCUT2D eigenvalue weighted by Crippen LogP contribution is -2.41. The molecule has 0 saturated carbocycles. The SMILES string of the molecule is CC(C)(C)OC(=O)N1CCC(c2cnn3c(C(N)=O)c(-c4ccc(Oc5ccc(F)cc5)cc4)[nH]c23)CC1. The van der Waals surface area contributed by atoms with E-state index in [9.17, 15) is 14.0 Å². The van der Waals surface area contributed by atoms with Gasteiger partial charge in [-0.25, -0.2) is 13.7 Å². The standard InChI is InChI=1S/C28H30FN5O4/c1-28(2,3)38-27(36)33-14-12-17(13-15-33)22-16-31-34-24(25(30)35)23(32-26(22)34)18-4-8-20(9-5-18)37-21-10-6-19(29)7-11-21/h4-11,16-17,32H,12-15H2,1-3H3,(H2,30,35). The number of rotatable bonds is 5. The summed E-state index contributed by atoms with van der Waals surface area (Å²) in [7, 11) is 0. The third-order valence-corrected chi connectivity index (χ3v) is 6.50. The molecule has 1 saturated heterocycles. The largest absolute Gasteiger partial charge is 0.457 e. The van der Waals surface area contributed by atoms with Gasteiger partial charge in [0.15, 0.2) is 5.69 Å². The van der Waals surface area contributed by atoms with Crippen molar-refractivity contribution in [1.29, 1.82) is 0 Å². The van der Waals surface area contributed by atoms with Gasteiger partial charge in [0.2, 0.25) is 0 Å². The minimum Gasteiger partial charge on any atom is -0.457 e. The number of nitrogens with two attached hydrogens (primary N) is 1. The molecule has 4 aromatic rings. The van der Waals surface area contributed by atoms with Crippen molar-refractivity contribution in [3.63, 3.8) is 0 Å². The van der Waals surface area contributed by atoms with E-state index in [-0.39, 0.29) is 23.5 Å². The van der Waals surface area contributed by atoms with Crippen molar-refractivity contribution in [1.82, 2.24) is 19.5 Å². The average molecular weight is 520 g/mol. The Morgan fingerprint density at radius 1 is 1.03 bits per heavy atom. The van der Waals surface area contributed by atoms with Crippen LogP contribution in [0, 0.1) is 5.82 Å². The number of carbonyl (C=O) groups is 2. The van der Waals surface area contributed by atoms with Gasteiger partial charge in [-0.2, -0.15) is 5.10 Å². The van der Waals surface area contributed by atoms with Crippen LogP contribution in [0.5, 0.6) is 11.5 Å². The average Bonchev–Trinajstić information content (AvgIpc) is 3.44. The van der Waals surface area contributed by atoms with Gasteiger partial charge in [-0.15, -0.1) is 0 Å². The number of aromatic nitrogens is 3. The Labute approximate surface area is 219 Å². The van der Waals surface area contributed by atoms with Crippen molar-refractivity contribution >= 4 is 17.6 Å². The molecule has 0 atom stereocenters. The van der Waals surface area contributed by atoms with E-state index in [2.05, 4.69) is 10.1 Å². The van der Waals surface area contributed by atoms with E-state index >= 15 is 0 Å². The number of halogens is 1. The monoisotopic (exact) mass is 519 g/mol. The number of aromatic amines is 1. The maximum absolute atomic E-state index is 13.2. The van der Waals surface area contributed by atoms with Crippen LogP contribution in [0.4, 0.5) is 9.18 Å². The number of nitrogens with zero attached hydrogens (tertiary/aromatic N) is 3. The van der Waals surface area contributed by atoms with Crippen LogP contribution < -0.4 is 10.5 Å². The molecule has 3 heterocycles. The minimum atomic E-state index is -0.604. The van der Waals surface area contributed by atoms with Gasteiger partial charge >= 0.3 is 6.09 Å². The van der Waals surface area contributed by atoms with Gasteiger partial charge in [0.05, 0.1) is 11.9 Å². The number of carbonyl (C=O) groups excluding carboxylic acids is 2. The molecular formula is C28H30FN5O4. The molecule has 38 heavy (non-hydrogen) atoms. The number of nitrogens with one attached hydrogen (secondary N) is 1. The first-order valence-electron chi connectivity index (χ1n) is 12.5. The highest BCUT2D eigenvalue weighted by Crippen LogP contribution is 2.34. The zero-order valence-electron chi connectivity index (χ0n) is 21.5. The van der Waals surface area contributed by atoms with Crippen molar-refractivity contribution in [3.8, 4) is 22.8 Å². The smallest absolute Gasteiger partial charge is 0.410 e. The van der Waals surface area contributed by atoms with Crippen molar-refractivity contribution in [3.05, 3.63) is 71.8 Å². The van der Waals surface area contributed by atoms with E-state index in [0.29, 0.717) is 35.9 Å². The molecule has 9 nitrogen and oxygen atoms in total. The topological polar surface area (TPSA) is 115 Å². The zero-order valence-corrected chi connectivity index (χ0v) is 21.5. The lowest BCUT2D eigenvalue weighted by atomic mass is 9.91. The summed E-state index contributed by atoms with van der Waals surface area (Å²) in [6.07, 6.45) is 2.95. The Hall–Kier alpha value is -4.34. The number of ether oxygens (including phenoxy) is 2. The number of likely N-dealkylation sites (tertiary alicyclic amines) is 1. The van der Waals surface area contributed by atoms with Crippen LogP contribution in [-0.2, 0) is 4.74 Å². The van der Waals surface area contributed by atoms with Crippen LogP contribution in [0.3, 0.4) is 0 Å². The molecule has 10 heteroatoms. The van der Waals surface area contributed by atoms with Gasteiger partial charge < -0.3 is 25.1 Å². The first-order chi connectivity index (χ1) is 18.1. The summed E-state index contributed by atoms with van der Waals surface area (Å²) in [5.74, 6) is 0.293. The Kier molecular flexibility index (Phi) is 6.56. The predicted molar refractivity (Wildman–Crippen MR) is 140 cm³/mol. The highest BCUT2D eigenvalue weighted by atomic mass is 19.1. The van der Waals surface area contributed by atoms with Crippen molar-refractivity contribution in [2.75, 3.05) is 13.1 Å². The van der Waals surface area contributed by atoms with Crippen LogP contribution in [0.1, 0.15) is 55.6 Å². The Morgan fingerprint density at radius 2 is 1.63 bits per heavy atom. The summed E-state index contributed by atoms with van der Waals surface area (Å²) in [4.78, 5) is 30.0. The molecule has 198 valence electrons. The normalized spacial score (nSPS) is 14.6. The summed E-state index contributed by atoms with van der Waals surface area (Å²) in [5, 5.41) is 4.47. The third-order valence-electron chi connectivity index (χ3n) is 6.50. The van der Waals surface area contributed by atoms with Crippen LogP contribution in [-0.4, -0.2) is 50.2 Å². The highest BCUT2D eigenvalue weighted by Gasteiger charge is 2.30. The third kappa shape index (κ3) is 5.20. The van der Waals surface area contributed by atoms with E-state index in [0.717, 1.165) is 24.0 Å². The molecule has 0 aliphatic carbocycles. The molecule has 0 unspecified atom stereocenters. The van der Waals surface area contributed by atoms with Gasteiger partial charge in [-0.3, -0.25) is 4.79 Å². The molecule has 5 rings (SSSR count). The Bertz CT molecular complexity index is 1460. The van der Waals surface area contributed by atoms with E-state index in [1.807, 2.05) is 32.9 Å². The van der Waals surface area contributed by atoms with Crippen LogP contribution >= 0.6 is 0 Å². The summed E-state index contributed by atoms with van der Waals surface area (Å²) in [5.41, 5.74) is 8.45. The molecule has 2 aromatic heterocycles. The van der Waals surface area contributed by atoms with E-state index in [1.165, 1.54) is 12.1 Å². The molecule has 1 aliphatic rings. The van der Waals surface area contributed by atoms with Crippen molar-refractivity contribution in [2.45, 2.75) is 45.1 Å². The van der Waals surface area contributed by atoms with Crippen LogP contribution in [0.15, 0.2) is 54.7 Å². The van der Waals surface area contributed by atoms with Crippen LogP contribution in [0.25, 0.3) is 16.9 Å². The highest BCUT2D eigenvalue weighted by molar-refractivity contribution is 5.98. The van der Waals surface area contributed by atoms with Gasteiger partial charge in [-0.1, -0.05) is 0 Å². The molecule has 2 amide bonds. The Morgan fingerprint density at radius 3 is 2.21 bits per heavy atom. The quantitative estimate of drug-likeness (QED) is 0.363. The number of amides is 2. The summed E-state index contributed by atoms with van der Waals surface area (Å²) < 4.78 is 26.0. The van der Waals surface area contributed by atoms with Crippen molar-refractivity contribution < 1.29 is 23.5 Å². The van der Waals surface area contributed by atoms with Gasteiger partial charge in [0.1, 0.15) is 28.6 Å². The fraction of sp³-hybridized carbons (Fsp3) is 0.321. The lowest BCUT2D eigenvalue weighted by Gasteiger charge is -2.33. The second-order valence-electron chi connectivity index (χ2n) is 10.4. The number of fused-ring (bicyclic) bond motifs is 1. The lowest BCUT2D eigenvalue weighted by molar-refractivity contribution is 0.0205. The molecule has 2 aromatic carbocycles. The molecule has 3 N–H and O–H groups in total. The molecular weight excluding hydrogens is 489 g/mol. The van der Waals surface area contributed by atoms with Gasteiger partial charge in [-0.05, 0) is 88.1 Å². The first kappa shape index (κ1) is 25.3. The number of hydrogen-bond acceptors (Lipinski definition) is 5. The summed E-state index contributed by atoms with van der Waals surface area (Å²) in [6, 6.07) is 12.9. The van der Waals surface area contributed by atoms with Crippen molar-refractivity contribution in [2.24, 2.45) is 5.73 Å². The number of primary amides is 1. The molecule has 0 spiro atoms. The second-order valence-corrected chi connectivity index (χ2v) is 10.4. The number of hydrogen-bond donors (Lipinski definition) is 2. The molecule has 0 radical (unpaired) electrons. The van der Waals surface area contributed by atoms with Gasteiger partial charge in [0.25, 0.3) is 5.91 Å². The summed E-state index contributed by atoms with van der Waals surface area (Å²) >= 11 is 0. The number of H-pyrrole nitrogens is 1. The molecule has 0 bridgehead atoms. The van der Waals surface area contributed by atoms with E-state index < -0.39 is 11.5 Å². The number of benzene rings is 2. The molecule has 1 fully saturated rings. The van der Waals surface area contributed by atoms with Gasteiger partial charge in [0, 0.05) is 24.2 Å². The first-order valence-corrected chi connectivity index (χ1v) is 12.5. The predicted octanol–water partition coefficient (Wildman–Crippen LogP) is 5.47.